The molecule has 0 spiro atoms. The molecular formula is C28H33N6O2-. The Morgan fingerprint density at radius 1 is 0.972 bits per heavy atom. The third-order valence-electron chi connectivity index (χ3n) is 7.78. The highest BCUT2D eigenvalue weighted by atomic mass is 16.5. The first-order chi connectivity index (χ1) is 17.1. The van der Waals surface area contributed by atoms with Crippen LogP contribution in [0.4, 0.5) is 22.7 Å². The zero-order valence-corrected chi connectivity index (χ0v) is 21.7. The summed E-state index contributed by atoms with van der Waals surface area (Å²) >= 11 is 0. The maximum absolute atomic E-state index is 12.7. The van der Waals surface area contributed by atoms with E-state index < -0.39 is 5.54 Å². The Morgan fingerprint density at radius 3 is 2.36 bits per heavy atom. The molecule has 0 aliphatic carbocycles. The monoisotopic (exact) mass is 485 g/mol. The Balaban J connectivity index is 1.68. The van der Waals surface area contributed by atoms with Gasteiger partial charge in [-0.05, 0) is 38.0 Å². The number of aromatic nitrogens is 1. The summed E-state index contributed by atoms with van der Waals surface area (Å²) in [6.45, 7) is 6.92. The number of pyridine rings is 1. The normalized spacial score (nSPS) is 17.2. The SMILES string of the molecule is COc1cc(N2CCN(C)c3cc(N4CCC(C)([NH-])CC4)c(C#N)cc32)c2cc(C)c(=O)n(C)c2c1. The van der Waals surface area contributed by atoms with E-state index in [9.17, 15) is 10.1 Å². The summed E-state index contributed by atoms with van der Waals surface area (Å²) in [5.41, 5.74) is 14.0. The molecule has 3 heterocycles. The van der Waals surface area contributed by atoms with Gasteiger partial charge in [-0.1, -0.05) is 6.92 Å². The molecule has 0 saturated carbocycles. The van der Waals surface area contributed by atoms with Gasteiger partial charge in [0.15, 0.2) is 0 Å². The van der Waals surface area contributed by atoms with Gasteiger partial charge in [0, 0.05) is 63.4 Å². The second-order valence-corrected chi connectivity index (χ2v) is 10.4. The quantitative estimate of drug-likeness (QED) is 0.533. The molecule has 1 N–H and O–H groups in total. The van der Waals surface area contributed by atoms with E-state index in [4.69, 9.17) is 10.5 Å². The number of ether oxygens (including phenoxy) is 1. The van der Waals surface area contributed by atoms with Crippen LogP contribution < -0.4 is 25.0 Å². The van der Waals surface area contributed by atoms with Crippen molar-refractivity contribution in [3.05, 3.63) is 57.5 Å². The van der Waals surface area contributed by atoms with Gasteiger partial charge in [0.25, 0.3) is 5.56 Å². The molecule has 0 bridgehead atoms. The number of nitrogens with one attached hydrogen (secondary N) is 1. The maximum atomic E-state index is 12.7. The van der Waals surface area contributed by atoms with Crippen LogP contribution in [0.1, 0.15) is 30.9 Å². The fourth-order valence-corrected chi connectivity index (χ4v) is 5.44. The third-order valence-corrected chi connectivity index (χ3v) is 7.78. The Labute approximate surface area is 212 Å². The zero-order valence-electron chi connectivity index (χ0n) is 21.7. The fourth-order valence-electron chi connectivity index (χ4n) is 5.44. The van der Waals surface area contributed by atoms with Gasteiger partial charge in [-0.2, -0.15) is 5.26 Å². The molecule has 1 aromatic heterocycles. The minimum absolute atomic E-state index is 0.0257. The van der Waals surface area contributed by atoms with Crippen LogP contribution in [0.25, 0.3) is 16.6 Å². The molecule has 8 heteroatoms. The third kappa shape index (κ3) is 3.94. The summed E-state index contributed by atoms with van der Waals surface area (Å²) in [5, 5.41) is 11.1. The Hall–Kier alpha value is -3.70. The molecule has 1 saturated heterocycles. The predicted molar refractivity (Wildman–Crippen MR) is 146 cm³/mol. The Bertz CT molecular complexity index is 1440. The summed E-state index contributed by atoms with van der Waals surface area (Å²) in [4.78, 5) is 19.4. The van der Waals surface area contributed by atoms with Crippen LogP contribution in [0.3, 0.4) is 0 Å². The number of nitriles is 1. The molecule has 2 aliphatic heterocycles. The number of piperidine rings is 1. The van der Waals surface area contributed by atoms with Crippen molar-refractivity contribution in [3.63, 3.8) is 0 Å². The topological polar surface area (TPSA) is 88.5 Å². The molecule has 3 aromatic rings. The summed E-state index contributed by atoms with van der Waals surface area (Å²) in [5.74, 6) is 0.681. The van der Waals surface area contributed by atoms with Gasteiger partial charge in [0.1, 0.15) is 11.8 Å². The highest BCUT2D eigenvalue weighted by Gasteiger charge is 2.29. The molecule has 8 nitrogen and oxygen atoms in total. The van der Waals surface area contributed by atoms with E-state index in [0.717, 1.165) is 72.7 Å². The van der Waals surface area contributed by atoms with Crippen LogP contribution in [-0.2, 0) is 7.05 Å². The van der Waals surface area contributed by atoms with E-state index in [1.165, 1.54) is 0 Å². The van der Waals surface area contributed by atoms with E-state index in [1.807, 2.05) is 38.1 Å². The molecule has 0 amide bonds. The Kier molecular flexibility index (Phi) is 5.84. The number of rotatable bonds is 3. The molecule has 188 valence electrons. The zero-order chi connectivity index (χ0) is 25.8. The van der Waals surface area contributed by atoms with E-state index in [0.29, 0.717) is 16.9 Å². The number of nitrogens with zero attached hydrogens (tertiary/aromatic N) is 5. The van der Waals surface area contributed by atoms with Crippen molar-refractivity contribution < 1.29 is 4.74 Å². The van der Waals surface area contributed by atoms with Crippen molar-refractivity contribution in [2.45, 2.75) is 32.2 Å². The number of methoxy groups -OCH3 is 1. The van der Waals surface area contributed by atoms with Gasteiger partial charge in [-0.15, -0.1) is 5.54 Å². The van der Waals surface area contributed by atoms with Crippen molar-refractivity contribution in [2.24, 2.45) is 7.05 Å². The number of hydrogen-bond donors (Lipinski definition) is 0. The number of aryl methyl sites for hydroxylation is 2. The lowest BCUT2D eigenvalue weighted by Crippen LogP contribution is -2.41. The first-order valence-electron chi connectivity index (χ1n) is 12.4. The predicted octanol–water partition coefficient (Wildman–Crippen LogP) is 4.73. The number of benzene rings is 2. The number of fused-ring (bicyclic) bond motifs is 2. The lowest BCUT2D eigenvalue weighted by atomic mass is 9.90. The van der Waals surface area contributed by atoms with E-state index >= 15 is 0 Å². The van der Waals surface area contributed by atoms with Crippen molar-refractivity contribution in [2.75, 3.05) is 55.0 Å². The summed E-state index contributed by atoms with van der Waals surface area (Å²) in [6, 6.07) is 12.4. The van der Waals surface area contributed by atoms with Crippen LogP contribution >= 0.6 is 0 Å². The lowest BCUT2D eigenvalue weighted by Gasteiger charge is -2.45. The molecule has 2 aliphatic rings. The van der Waals surface area contributed by atoms with E-state index in [1.54, 1.807) is 18.7 Å². The smallest absolute Gasteiger partial charge is 0.253 e. The largest absolute Gasteiger partial charge is 0.672 e. The highest BCUT2D eigenvalue weighted by molar-refractivity contribution is 5.98. The highest BCUT2D eigenvalue weighted by Crippen LogP contribution is 2.45. The molecule has 0 atom stereocenters. The van der Waals surface area contributed by atoms with Crippen molar-refractivity contribution in [3.8, 4) is 11.8 Å². The summed E-state index contributed by atoms with van der Waals surface area (Å²) in [7, 11) is 5.51. The van der Waals surface area contributed by atoms with E-state index in [-0.39, 0.29) is 5.56 Å². The van der Waals surface area contributed by atoms with Crippen LogP contribution in [0.15, 0.2) is 35.1 Å². The van der Waals surface area contributed by atoms with Gasteiger partial charge < -0.3 is 29.7 Å². The van der Waals surface area contributed by atoms with Gasteiger partial charge in [0.2, 0.25) is 0 Å². The first-order valence-corrected chi connectivity index (χ1v) is 12.4. The van der Waals surface area contributed by atoms with Gasteiger partial charge in [0.05, 0.1) is 40.9 Å². The standard InChI is InChI=1S/C28H33N6O2/c1-18-12-21-23(32(4)27(18)35)14-20(36-5)15-24(21)34-11-10-31(3)25-16-22(19(17-29)13-26(25)34)33-8-6-28(2,30)7-9-33/h12-16,30H,6-11H2,1-5H3/q-1. The maximum Gasteiger partial charge on any atom is 0.253 e. The molecule has 5 rings (SSSR count). The molecule has 0 unspecified atom stereocenters. The van der Waals surface area contributed by atoms with Crippen LogP contribution in [0, 0.1) is 18.3 Å². The Morgan fingerprint density at radius 2 is 1.69 bits per heavy atom. The van der Waals surface area contributed by atoms with E-state index in [2.05, 4.69) is 33.9 Å². The minimum atomic E-state index is -0.406. The van der Waals surface area contributed by atoms with Crippen molar-refractivity contribution in [1.82, 2.24) is 4.57 Å². The van der Waals surface area contributed by atoms with Crippen molar-refractivity contribution in [1.29, 1.82) is 5.26 Å². The molecule has 2 aromatic carbocycles. The minimum Gasteiger partial charge on any atom is -0.672 e. The second kappa shape index (κ2) is 8.75. The first kappa shape index (κ1) is 24.0. The fraction of sp³-hybridized carbons (Fsp3) is 0.429. The average molecular weight is 486 g/mol. The molecular weight excluding hydrogens is 452 g/mol. The summed E-state index contributed by atoms with van der Waals surface area (Å²) in [6.07, 6.45) is 1.57. The van der Waals surface area contributed by atoms with Crippen molar-refractivity contribution >= 4 is 33.7 Å². The second-order valence-electron chi connectivity index (χ2n) is 10.4. The van der Waals surface area contributed by atoms with Gasteiger partial charge in [-0.25, -0.2) is 0 Å². The number of likely N-dealkylation sites (N-methyl/N-ethyl adjacent to an activating group) is 1. The lowest BCUT2D eigenvalue weighted by molar-refractivity contribution is 0.415. The van der Waals surface area contributed by atoms with Gasteiger partial charge >= 0.3 is 0 Å². The van der Waals surface area contributed by atoms with Crippen LogP contribution in [0.2, 0.25) is 0 Å². The van der Waals surface area contributed by atoms with Gasteiger partial charge in [-0.3, -0.25) is 4.79 Å². The molecule has 0 radical (unpaired) electrons. The summed E-state index contributed by atoms with van der Waals surface area (Å²) < 4.78 is 7.30. The van der Waals surface area contributed by atoms with Crippen LogP contribution in [-0.4, -0.2) is 50.4 Å². The van der Waals surface area contributed by atoms with Crippen LogP contribution in [0.5, 0.6) is 5.75 Å². The number of anilines is 4. The molecule has 1 fully saturated rings. The molecule has 36 heavy (non-hydrogen) atoms. The average Bonchev–Trinajstić information content (AvgIpc) is 2.87. The number of hydrogen-bond acceptors (Lipinski definition) is 6.